The maximum atomic E-state index is 12.2. The third kappa shape index (κ3) is 3.01. The van der Waals surface area contributed by atoms with Crippen LogP contribution in [0.5, 0.6) is 0 Å². The van der Waals surface area contributed by atoms with Gasteiger partial charge >= 0.3 is 5.76 Å². The number of aromatic nitrogens is 1. The monoisotopic (exact) mass is 327 g/mol. The molecule has 0 saturated carbocycles. The molecule has 0 bridgehead atoms. The van der Waals surface area contributed by atoms with Gasteiger partial charge in [-0.3, -0.25) is 9.36 Å². The molecule has 2 atom stereocenters. The topological polar surface area (TPSA) is 85.5 Å². The number of aryl methyl sites for hydroxylation is 1. The highest BCUT2D eigenvalue weighted by Gasteiger charge is 2.28. The SMILES string of the molecule is C[C@H]1OCCN[C@@H]1C(=O)Nc1ccc2c(c1)oc(=O)n2C.Cl. The van der Waals surface area contributed by atoms with Gasteiger partial charge in [-0.2, -0.15) is 0 Å². The minimum Gasteiger partial charge on any atom is -0.408 e. The minimum atomic E-state index is -0.426. The van der Waals surface area contributed by atoms with Gasteiger partial charge in [-0.15, -0.1) is 12.4 Å². The quantitative estimate of drug-likeness (QED) is 0.855. The van der Waals surface area contributed by atoms with Gasteiger partial charge in [-0.05, 0) is 19.1 Å². The predicted octanol–water partition coefficient (Wildman–Crippen LogP) is 0.869. The van der Waals surface area contributed by atoms with Crippen LogP contribution in [-0.4, -0.2) is 35.8 Å². The van der Waals surface area contributed by atoms with Gasteiger partial charge in [0.15, 0.2) is 5.58 Å². The number of oxazole rings is 1. The molecule has 0 radical (unpaired) electrons. The van der Waals surface area contributed by atoms with Crippen molar-refractivity contribution in [2.24, 2.45) is 7.05 Å². The van der Waals surface area contributed by atoms with E-state index in [1.54, 1.807) is 25.2 Å². The van der Waals surface area contributed by atoms with Gasteiger partial charge in [0.1, 0.15) is 6.04 Å². The molecular formula is C14H18ClN3O4. The highest BCUT2D eigenvalue weighted by Crippen LogP contribution is 2.18. The van der Waals surface area contributed by atoms with E-state index in [0.29, 0.717) is 29.9 Å². The van der Waals surface area contributed by atoms with Gasteiger partial charge in [0.2, 0.25) is 5.91 Å². The lowest BCUT2D eigenvalue weighted by Crippen LogP contribution is -2.53. The Morgan fingerprint density at radius 1 is 1.45 bits per heavy atom. The van der Waals surface area contributed by atoms with Crippen molar-refractivity contribution in [3.8, 4) is 0 Å². The second-order valence-corrected chi connectivity index (χ2v) is 5.11. The number of morpholine rings is 1. The average molecular weight is 328 g/mol. The fourth-order valence-corrected chi connectivity index (χ4v) is 2.46. The van der Waals surface area contributed by atoms with E-state index in [1.807, 2.05) is 6.92 Å². The Kier molecular flexibility index (Phi) is 4.90. The van der Waals surface area contributed by atoms with Crippen molar-refractivity contribution in [2.75, 3.05) is 18.5 Å². The Balaban J connectivity index is 0.00000176. The molecule has 3 rings (SSSR count). The second kappa shape index (κ2) is 6.51. The number of ether oxygens (including phenoxy) is 1. The fraction of sp³-hybridized carbons (Fsp3) is 0.429. The summed E-state index contributed by atoms with van der Waals surface area (Å²) in [5, 5.41) is 5.93. The van der Waals surface area contributed by atoms with Gasteiger partial charge in [-0.25, -0.2) is 4.79 Å². The summed E-state index contributed by atoms with van der Waals surface area (Å²) in [6.45, 7) is 3.11. The van der Waals surface area contributed by atoms with E-state index in [0.717, 1.165) is 0 Å². The molecule has 0 spiro atoms. The first-order chi connectivity index (χ1) is 10.1. The summed E-state index contributed by atoms with van der Waals surface area (Å²) < 4.78 is 12.0. The standard InChI is InChI=1S/C14H17N3O4.ClH/c1-8-12(15-5-6-20-8)13(18)16-9-3-4-10-11(7-9)21-14(19)17(10)2;/h3-4,7-8,12,15H,5-6H2,1-2H3,(H,16,18);1H/t8-,12+;/m1./s1. The molecule has 2 N–H and O–H groups in total. The Morgan fingerprint density at radius 3 is 2.95 bits per heavy atom. The second-order valence-electron chi connectivity index (χ2n) is 5.11. The molecule has 2 heterocycles. The van der Waals surface area contributed by atoms with Crippen LogP contribution in [-0.2, 0) is 16.6 Å². The summed E-state index contributed by atoms with van der Waals surface area (Å²) in [6, 6.07) is 4.73. The summed E-state index contributed by atoms with van der Waals surface area (Å²) in [5.74, 6) is -0.593. The number of nitrogens with one attached hydrogen (secondary N) is 2. The summed E-state index contributed by atoms with van der Waals surface area (Å²) >= 11 is 0. The molecule has 120 valence electrons. The van der Waals surface area contributed by atoms with E-state index in [4.69, 9.17) is 9.15 Å². The summed E-state index contributed by atoms with van der Waals surface area (Å²) in [4.78, 5) is 23.7. The first-order valence-corrected chi connectivity index (χ1v) is 6.81. The zero-order chi connectivity index (χ0) is 15.0. The van der Waals surface area contributed by atoms with Crippen molar-refractivity contribution in [2.45, 2.75) is 19.1 Å². The predicted molar refractivity (Wildman–Crippen MR) is 84.5 cm³/mol. The number of carbonyl (C=O) groups excluding carboxylic acids is 1. The highest BCUT2D eigenvalue weighted by atomic mass is 35.5. The van der Waals surface area contributed by atoms with Crippen molar-refractivity contribution in [1.29, 1.82) is 0 Å². The molecule has 2 aromatic rings. The number of amides is 1. The molecule has 1 fully saturated rings. The van der Waals surface area contributed by atoms with Crippen LogP contribution in [0.3, 0.4) is 0 Å². The number of halogens is 1. The molecule has 8 heteroatoms. The van der Waals surface area contributed by atoms with E-state index in [9.17, 15) is 9.59 Å². The van der Waals surface area contributed by atoms with Crippen molar-refractivity contribution >= 4 is 35.1 Å². The molecule has 1 aliphatic heterocycles. The van der Waals surface area contributed by atoms with Gasteiger partial charge in [0.25, 0.3) is 0 Å². The largest absolute Gasteiger partial charge is 0.419 e. The number of benzene rings is 1. The molecule has 0 aliphatic carbocycles. The zero-order valence-electron chi connectivity index (χ0n) is 12.3. The van der Waals surface area contributed by atoms with Gasteiger partial charge in [0.05, 0.1) is 18.2 Å². The van der Waals surface area contributed by atoms with Crippen molar-refractivity contribution in [3.05, 3.63) is 28.7 Å². The Bertz CT molecular complexity index is 739. The minimum absolute atomic E-state index is 0. The number of hydrogen-bond acceptors (Lipinski definition) is 5. The Hall–Kier alpha value is -1.83. The number of carbonyl (C=O) groups is 1. The summed E-state index contributed by atoms with van der Waals surface area (Å²) in [5.41, 5.74) is 1.72. The maximum Gasteiger partial charge on any atom is 0.419 e. The number of anilines is 1. The lowest BCUT2D eigenvalue weighted by molar-refractivity contribution is -0.123. The Morgan fingerprint density at radius 2 is 2.23 bits per heavy atom. The molecule has 1 saturated heterocycles. The van der Waals surface area contributed by atoms with Crippen LogP contribution in [0.1, 0.15) is 6.92 Å². The van der Waals surface area contributed by atoms with Crippen LogP contribution in [0.25, 0.3) is 11.1 Å². The third-order valence-corrected chi connectivity index (χ3v) is 3.66. The van der Waals surface area contributed by atoms with E-state index in [1.165, 1.54) is 4.57 Å². The average Bonchev–Trinajstić information content (AvgIpc) is 2.74. The fourth-order valence-electron chi connectivity index (χ4n) is 2.46. The molecule has 7 nitrogen and oxygen atoms in total. The lowest BCUT2D eigenvalue weighted by atomic mass is 10.1. The molecular weight excluding hydrogens is 310 g/mol. The molecule has 0 unspecified atom stereocenters. The maximum absolute atomic E-state index is 12.2. The third-order valence-electron chi connectivity index (χ3n) is 3.66. The van der Waals surface area contributed by atoms with E-state index in [2.05, 4.69) is 10.6 Å². The van der Waals surface area contributed by atoms with Crippen LogP contribution < -0.4 is 16.4 Å². The van der Waals surface area contributed by atoms with E-state index >= 15 is 0 Å². The number of hydrogen-bond donors (Lipinski definition) is 2. The molecule has 1 aromatic carbocycles. The van der Waals surface area contributed by atoms with Crippen LogP contribution in [0, 0.1) is 0 Å². The molecule has 1 amide bonds. The van der Waals surface area contributed by atoms with Gasteiger partial charge in [-0.1, -0.05) is 0 Å². The van der Waals surface area contributed by atoms with Gasteiger partial charge in [0, 0.05) is 25.3 Å². The van der Waals surface area contributed by atoms with Crippen LogP contribution in [0.2, 0.25) is 0 Å². The number of fused-ring (bicyclic) bond motifs is 1. The van der Waals surface area contributed by atoms with Crippen LogP contribution in [0.4, 0.5) is 5.69 Å². The molecule has 1 aromatic heterocycles. The zero-order valence-corrected chi connectivity index (χ0v) is 13.1. The van der Waals surface area contributed by atoms with Crippen molar-refractivity contribution < 1.29 is 13.9 Å². The molecule has 1 aliphatic rings. The number of nitrogens with zero attached hydrogens (tertiary/aromatic N) is 1. The van der Waals surface area contributed by atoms with Gasteiger partial charge < -0.3 is 19.8 Å². The first-order valence-electron chi connectivity index (χ1n) is 6.81. The summed E-state index contributed by atoms with van der Waals surface area (Å²) in [6.07, 6.45) is -0.183. The summed E-state index contributed by atoms with van der Waals surface area (Å²) in [7, 11) is 1.64. The first kappa shape index (κ1) is 16.5. The number of rotatable bonds is 2. The highest BCUT2D eigenvalue weighted by molar-refractivity contribution is 5.96. The van der Waals surface area contributed by atoms with Crippen molar-refractivity contribution in [1.82, 2.24) is 9.88 Å². The van der Waals surface area contributed by atoms with E-state index < -0.39 is 11.8 Å². The van der Waals surface area contributed by atoms with Crippen LogP contribution in [0.15, 0.2) is 27.4 Å². The lowest BCUT2D eigenvalue weighted by Gasteiger charge is -2.29. The van der Waals surface area contributed by atoms with Crippen LogP contribution >= 0.6 is 12.4 Å². The smallest absolute Gasteiger partial charge is 0.408 e. The normalized spacial score (nSPS) is 21.4. The van der Waals surface area contributed by atoms with E-state index in [-0.39, 0.29) is 24.4 Å². The Labute approximate surface area is 133 Å². The van der Waals surface area contributed by atoms with Crippen molar-refractivity contribution in [3.63, 3.8) is 0 Å². The molecule has 22 heavy (non-hydrogen) atoms.